The fourth-order valence-electron chi connectivity index (χ4n) is 1.51. The Morgan fingerprint density at radius 3 is 2.76 bits per heavy atom. The minimum atomic E-state index is -0.358. The molecule has 5 heteroatoms. The van der Waals surface area contributed by atoms with Crippen molar-refractivity contribution in [2.45, 2.75) is 25.5 Å². The van der Waals surface area contributed by atoms with Crippen molar-refractivity contribution in [2.75, 3.05) is 18.1 Å². The highest BCUT2D eigenvalue weighted by atomic mass is 32.2. The Balaban J connectivity index is 2.62. The number of nitrogens with zero attached hydrogens (tertiary/aromatic N) is 1. The predicted octanol–water partition coefficient (Wildman–Crippen LogP) is 3.46. The minimum absolute atomic E-state index is 0.144. The smallest absolute Gasteiger partial charge is 0.271 e. The van der Waals surface area contributed by atoms with Gasteiger partial charge in [-0.1, -0.05) is 6.92 Å². The van der Waals surface area contributed by atoms with Crippen molar-refractivity contribution in [3.05, 3.63) is 33.9 Å². The molecule has 17 heavy (non-hydrogen) atoms. The first kappa shape index (κ1) is 13.8. The molecule has 0 amide bonds. The molecule has 1 aromatic carbocycles. The molecule has 1 unspecified atom stereocenters. The van der Waals surface area contributed by atoms with E-state index in [1.807, 2.05) is 24.8 Å². The second kappa shape index (κ2) is 6.49. The van der Waals surface area contributed by atoms with Gasteiger partial charge in [0.15, 0.2) is 0 Å². The summed E-state index contributed by atoms with van der Waals surface area (Å²) in [7, 11) is 0. The second-order valence-corrected chi connectivity index (χ2v) is 5.35. The van der Waals surface area contributed by atoms with Crippen LogP contribution in [0.4, 0.5) is 11.4 Å². The Hall–Kier alpha value is -1.23. The molecule has 1 rings (SSSR count). The lowest BCUT2D eigenvalue weighted by atomic mass is 10.2. The molecule has 1 N–H and O–H groups in total. The zero-order chi connectivity index (χ0) is 12.8. The molecule has 1 aromatic rings. The van der Waals surface area contributed by atoms with Crippen LogP contribution in [0.15, 0.2) is 18.2 Å². The van der Waals surface area contributed by atoms with Crippen molar-refractivity contribution < 1.29 is 4.92 Å². The van der Waals surface area contributed by atoms with Crippen molar-refractivity contribution in [3.8, 4) is 0 Å². The Morgan fingerprint density at radius 1 is 1.47 bits per heavy atom. The van der Waals surface area contributed by atoms with Crippen molar-refractivity contribution >= 4 is 23.1 Å². The summed E-state index contributed by atoms with van der Waals surface area (Å²) < 4.78 is 0. The lowest BCUT2D eigenvalue weighted by molar-refractivity contribution is -0.384. The van der Waals surface area contributed by atoms with Crippen LogP contribution < -0.4 is 5.32 Å². The molecular weight excluding hydrogens is 236 g/mol. The Labute approximate surface area is 106 Å². The van der Waals surface area contributed by atoms with Gasteiger partial charge in [-0.05, 0) is 31.2 Å². The van der Waals surface area contributed by atoms with Crippen LogP contribution in [0.2, 0.25) is 0 Å². The lowest BCUT2D eigenvalue weighted by Gasteiger charge is -2.10. The molecule has 4 nitrogen and oxygen atoms in total. The van der Waals surface area contributed by atoms with Crippen LogP contribution >= 0.6 is 11.8 Å². The number of benzene rings is 1. The number of hydrogen-bond acceptors (Lipinski definition) is 4. The third kappa shape index (κ3) is 4.65. The highest BCUT2D eigenvalue weighted by Crippen LogP contribution is 2.20. The number of rotatable bonds is 6. The van der Waals surface area contributed by atoms with Crippen LogP contribution in [-0.4, -0.2) is 23.0 Å². The first-order chi connectivity index (χ1) is 8.02. The van der Waals surface area contributed by atoms with Gasteiger partial charge in [-0.2, -0.15) is 11.8 Å². The van der Waals surface area contributed by atoms with E-state index in [0.29, 0.717) is 5.25 Å². The quantitative estimate of drug-likeness (QED) is 0.624. The summed E-state index contributed by atoms with van der Waals surface area (Å²) in [6.07, 6.45) is 3.13. The number of nitro benzene ring substituents is 1. The van der Waals surface area contributed by atoms with Gasteiger partial charge in [-0.15, -0.1) is 0 Å². The van der Waals surface area contributed by atoms with Gasteiger partial charge in [-0.25, -0.2) is 0 Å². The number of hydrogen-bond donors (Lipinski definition) is 1. The third-order valence-electron chi connectivity index (χ3n) is 2.56. The molecule has 1 atom stereocenters. The maximum absolute atomic E-state index is 10.7. The van der Waals surface area contributed by atoms with Gasteiger partial charge in [0.1, 0.15) is 0 Å². The standard InChI is InChI=1S/C12H18N2O2S/c1-9-6-11(8-12(7-9)14(15)16)13-5-4-10(2)17-3/h6-8,10,13H,4-5H2,1-3H3. The maximum atomic E-state index is 10.7. The molecule has 0 aliphatic rings. The molecule has 0 saturated heterocycles. The molecule has 0 aromatic heterocycles. The van der Waals surface area contributed by atoms with Crippen molar-refractivity contribution in [2.24, 2.45) is 0 Å². The normalized spacial score (nSPS) is 12.2. The lowest BCUT2D eigenvalue weighted by Crippen LogP contribution is -2.08. The van der Waals surface area contributed by atoms with E-state index in [4.69, 9.17) is 0 Å². The molecule has 0 heterocycles. The predicted molar refractivity (Wildman–Crippen MR) is 73.9 cm³/mol. The van der Waals surface area contributed by atoms with Crippen molar-refractivity contribution in [3.63, 3.8) is 0 Å². The van der Waals surface area contributed by atoms with Crippen LogP contribution in [0.5, 0.6) is 0 Å². The topological polar surface area (TPSA) is 55.2 Å². The van der Waals surface area contributed by atoms with Gasteiger partial charge in [-0.3, -0.25) is 10.1 Å². The summed E-state index contributed by atoms with van der Waals surface area (Å²) in [4.78, 5) is 10.3. The molecule has 0 saturated carbocycles. The van der Waals surface area contributed by atoms with Gasteiger partial charge < -0.3 is 5.32 Å². The molecule has 0 bridgehead atoms. The minimum Gasteiger partial charge on any atom is -0.385 e. The average molecular weight is 254 g/mol. The largest absolute Gasteiger partial charge is 0.385 e. The molecule has 0 radical (unpaired) electrons. The average Bonchev–Trinajstić information content (AvgIpc) is 2.28. The van der Waals surface area contributed by atoms with Crippen LogP contribution in [0.3, 0.4) is 0 Å². The van der Waals surface area contributed by atoms with Gasteiger partial charge in [0.25, 0.3) is 5.69 Å². The van der Waals surface area contributed by atoms with Gasteiger partial charge in [0, 0.05) is 29.6 Å². The number of anilines is 1. The first-order valence-corrected chi connectivity index (χ1v) is 6.84. The van der Waals surface area contributed by atoms with Crippen LogP contribution in [-0.2, 0) is 0 Å². The highest BCUT2D eigenvalue weighted by molar-refractivity contribution is 7.99. The number of non-ortho nitro benzene ring substituents is 1. The highest BCUT2D eigenvalue weighted by Gasteiger charge is 2.07. The summed E-state index contributed by atoms with van der Waals surface area (Å²) in [6.45, 7) is 4.87. The van der Waals surface area contributed by atoms with E-state index in [-0.39, 0.29) is 10.6 Å². The molecule has 0 aliphatic heterocycles. The van der Waals surface area contributed by atoms with E-state index in [0.717, 1.165) is 24.2 Å². The molecule has 0 spiro atoms. The Bertz CT molecular complexity index is 396. The van der Waals surface area contributed by atoms with Crippen LogP contribution in [0.1, 0.15) is 18.9 Å². The van der Waals surface area contributed by atoms with E-state index >= 15 is 0 Å². The summed E-state index contributed by atoms with van der Waals surface area (Å²) in [5, 5.41) is 14.5. The van der Waals surface area contributed by atoms with E-state index in [2.05, 4.69) is 18.5 Å². The Kier molecular flexibility index (Phi) is 5.28. The van der Waals surface area contributed by atoms with Gasteiger partial charge in [0.05, 0.1) is 4.92 Å². The summed E-state index contributed by atoms with van der Waals surface area (Å²) >= 11 is 1.82. The molecule has 0 aliphatic carbocycles. The van der Waals surface area contributed by atoms with Gasteiger partial charge >= 0.3 is 0 Å². The number of nitrogens with one attached hydrogen (secondary N) is 1. The fraction of sp³-hybridized carbons (Fsp3) is 0.500. The van der Waals surface area contributed by atoms with E-state index < -0.39 is 0 Å². The fourth-order valence-corrected chi connectivity index (χ4v) is 1.86. The van der Waals surface area contributed by atoms with E-state index in [1.165, 1.54) is 0 Å². The van der Waals surface area contributed by atoms with Crippen molar-refractivity contribution in [1.82, 2.24) is 0 Å². The molecular formula is C12H18N2O2S. The zero-order valence-corrected chi connectivity index (χ0v) is 11.2. The number of nitro groups is 1. The van der Waals surface area contributed by atoms with Crippen molar-refractivity contribution in [1.29, 1.82) is 0 Å². The number of aryl methyl sites for hydroxylation is 1. The summed E-state index contributed by atoms with van der Waals surface area (Å²) in [6, 6.07) is 5.09. The van der Waals surface area contributed by atoms with E-state index in [9.17, 15) is 10.1 Å². The number of thioether (sulfide) groups is 1. The molecule has 0 fully saturated rings. The molecule has 94 valence electrons. The third-order valence-corrected chi connectivity index (χ3v) is 3.60. The van der Waals surface area contributed by atoms with Gasteiger partial charge in [0.2, 0.25) is 0 Å². The second-order valence-electron chi connectivity index (χ2n) is 4.08. The maximum Gasteiger partial charge on any atom is 0.271 e. The summed E-state index contributed by atoms with van der Waals surface area (Å²) in [5.41, 5.74) is 1.87. The monoisotopic (exact) mass is 254 g/mol. The van der Waals surface area contributed by atoms with Crippen LogP contribution in [0.25, 0.3) is 0 Å². The Morgan fingerprint density at radius 2 is 2.18 bits per heavy atom. The first-order valence-electron chi connectivity index (χ1n) is 5.55. The van der Waals surface area contributed by atoms with Crippen LogP contribution in [0, 0.1) is 17.0 Å². The summed E-state index contributed by atoms with van der Waals surface area (Å²) in [5.74, 6) is 0. The van der Waals surface area contributed by atoms with E-state index in [1.54, 1.807) is 12.1 Å². The zero-order valence-electron chi connectivity index (χ0n) is 10.4. The SMILES string of the molecule is CSC(C)CCNc1cc(C)cc([N+](=O)[O-])c1.